The largest absolute Gasteiger partial charge is 0.384 e. The highest BCUT2D eigenvalue weighted by atomic mass is 16.6. The number of aryl methyl sites for hydroxylation is 1. The predicted octanol–water partition coefficient (Wildman–Crippen LogP) is 1.64. The Morgan fingerprint density at radius 1 is 1.38 bits per heavy atom. The average molecular weight is 358 g/mol. The Labute approximate surface area is 151 Å². The van der Waals surface area contributed by atoms with Crippen molar-refractivity contribution in [3.05, 3.63) is 35.7 Å². The second-order valence-electron chi connectivity index (χ2n) is 6.07. The number of carbonyl (C=O) groups excluding carboxylic acids is 1. The molecule has 3 N–H and O–H groups in total. The highest BCUT2D eigenvalue weighted by molar-refractivity contribution is 5.97. The molecule has 0 radical (unpaired) electrons. The molecule has 3 heterocycles. The van der Waals surface area contributed by atoms with Crippen molar-refractivity contribution in [2.45, 2.75) is 26.2 Å². The fraction of sp³-hybridized carbons (Fsp3) is 0.412. The van der Waals surface area contributed by atoms with Crippen LogP contribution in [0.3, 0.4) is 0 Å². The minimum absolute atomic E-state index is 0.160. The number of piperidine rings is 1. The number of nitrogens with two attached hydrogens (primary N) is 1. The number of hydrogen-bond donors (Lipinski definition) is 2. The summed E-state index contributed by atoms with van der Waals surface area (Å²) in [6.07, 6.45) is 5.31. The van der Waals surface area contributed by atoms with Crippen LogP contribution in [0.4, 0.5) is 11.6 Å². The molecule has 9 heteroatoms. The zero-order valence-electron chi connectivity index (χ0n) is 14.6. The standard InChI is InChI=1S/C17H22N6O3/c1-12-9-14(21-26-12)20-16(24)11-25-22-17(18)13-5-6-15(19-10-13)23-7-3-2-4-8-23/h5-6,9-10H,2-4,7-8,11H2,1H3,(H2,18,22)(H,20,21,24). The average Bonchev–Trinajstić information content (AvgIpc) is 3.07. The molecule has 26 heavy (non-hydrogen) atoms. The Hall–Kier alpha value is -3.10. The van der Waals surface area contributed by atoms with Crippen LogP contribution >= 0.6 is 0 Å². The topological polar surface area (TPSA) is 119 Å². The molecule has 0 unspecified atom stereocenters. The van der Waals surface area contributed by atoms with Crippen LogP contribution < -0.4 is 16.0 Å². The van der Waals surface area contributed by atoms with Gasteiger partial charge in [0.15, 0.2) is 18.3 Å². The van der Waals surface area contributed by atoms with Gasteiger partial charge in [-0.25, -0.2) is 4.98 Å². The van der Waals surface area contributed by atoms with E-state index >= 15 is 0 Å². The summed E-state index contributed by atoms with van der Waals surface area (Å²) in [4.78, 5) is 23.4. The third-order valence-corrected chi connectivity index (χ3v) is 3.98. The zero-order chi connectivity index (χ0) is 18.4. The van der Waals surface area contributed by atoms with Crippen LogP contribution in [0.25, 0.3) is 0 Å². The van der Waals surface area contributed by atoms with E-state index in [-0.39, 0.29) is 12.4 Å². The van der Waals surface area contributed by atoms with Gasteiger partial charge in [-0.3, -0.25) is 4.79 Å². The SMILES string of the molecule is Cc1cc(NC(=O)CON=C(N)c2ccc(N3CCCCC3)nc2)no1. The number of hydrogen-bond acceptors (Lipinski definition) is 7. The van der Waals surface area contributed by atoms with E-state index in [4.69, 9.17) is 15.1 Å². The van der Waals surface area contributed by atoms with Gasteiger partial charge < -0.3 is 25.3 Å². The van der Waals surface area contributed by atoms with Gasteiger partial charge in [-0.05, 0) is 38.3 Å². The van der Waals surface area contributed by atoms with Crippen LogP contribution in [0.15, 0.2) is 34.1 Å². The second kappa shape index (κ2) is 8.32. The van der Waals surface area contributed by atoms with Gasteiger partial charge in [-0.1, -0.05) is 10.3 Å². The fourth-order valence-corrected chi connectivity index (χ4v) is 2.67. The highest BCUT2D eigenvalue weighted by Gasteiger charge is 2.12. The minimum atomic E-state index is -0.409. The summed E-state index contributed by atoms with van der Waals surface area (Å²) in [5, 5.41) is 9.94. The van der Waals surface area contributed by atoms with Gasteiger partial charge >= 0.3 is 0 Å². The summed E-state index contributed by atoms with van der Waals surface area (Å²) in [5.74, 6) is 1.61. The lowest BCUT2D eigenvalue weighted by molar-refractivity contribution is -0.120. The molecule has 2 aromatic heterocycles. The smallest absolute Gasteiger partial charge is 0.266 e. The lowest BCUT2D eigenvalue weighted by Crippen LogP contribution is -2.30. The Morgan fingerprint density at radius 3 is 2.85 bits per heavy atom. The molecule has 0 bridgehead atoms. The molecule has 1 aliphatic heterocycles. The molecular weight excluding hydrogens is 336 g/mol. The van der Waals surface area contributed by atoms with E-state index in [1.807, 2.05) is 12.1 Å². The van der Waals surface area contributed by atoms with Crippen LogP contribution in [0.1, 0.15) is 30.6 Å². The van der Waals surface area contributed by atoms with Crippen molar-refractivity contribution in [1.82, 2.24) is 10.1 Å². The number of rotatable bonds is 6. The number of anilines is 2. The van der Waals surface area contributed by atoms with Gasteiger partial charge in [0.25, 0.3) is 5.91 Å². The van der Waals surface area contributed by atoms with Crippen molar-refractivity contribution < 1.29 is 14.2 Å². The quantitative estimate of drug-likeness (QED) is 0.458. The van der Waals surface area contributed by atoms with Crippen LogP contribution in [0, 0.1) is 6.92 Å². The summed E-state index contributed by atoms with van der Waals surface area (Å²) >= 11 is 0. The van der Waals surface area contributed by atoms with Crippen molar-refractivity contribution in [1.29, 1.82) is 0 Å². The van der Waals surface area contributed by atoms with E-state index in [1.54, 1.807) is 19.2 Å². The number of nitrogens with one attached hydrogen (secondary N) is 1. The predicted molar refractivity (Wildman–Crippen MR) is 96.8 cm³/mol. The molecule has 0 aromatic carbocycles. The number of carbonyl (C=O) groups is 1. The molecular formula is C17H22N6O3. The molecule has 0 aliphatic carbocycles. The van der Waals surface area contributed by atoms with Gasteiger partial charge in [0.1, 0.15) is 11.6 Å². The normalized spacial score (nSPS) is 15.0. The number of aromatic nitrogens is 2. The maximum Gasteiger partial charge on any atom is 0.266 e. The van der Waals surface area contributed by atoms with E-state index in [1.165, 1.54) is 19.3 Å². The first-order valence-corrected chi connectivity index (χ1v) is 8.52. The molecule has 0 saturated carbocycles. The summed E-state index contributed by atoms with van der Waals surface area (Å²) < 4.78 is 4.86. The highest BCUT2D eigenvalue weighted by Crippen LogP contribution is 2.17. The van der Waals surface area contributed by atoms with Crippen LogP contribution in [0.2, 0.25) is 0 Å². The Balaban J connectivity index is 1.49. The Morgan fingerprint density at radius 2 is 2.19 bits per heavy atom. The number of nitrogens with zero attached hydrogens (tertiary/aromatic N) is 4. The lowest BCUT2D eigenvalue weighted by atomic mass is 10.1. The molecule has 138 valence electrons. The van der Waals surface area contributed by atoms with Gasteiger partial charge in [0.05, 0.1) is 0 Å². The molecule has 1 amide bonds. The Kier molecular flexibility index (Phi) is 5.67. The fourth-order valence-electron chi connectivity index (χ4n) is 2.67. The monoisotopic (exact) mass is 358 g/mol. The van der Waals surface area contributed by atoms with E-state index in [0.717, 1.165) is 18.9 Å². The van der Waals surface area contributed by atoms with Crippen molar-refractivity contribution in [3.8, 4) is 0 Å². The van der Waals surface area contributed by atoms with Crippen molar-refractivity contribution >= 4 is 23.4 Å². The minimum Gasteiger partial charge on any atom is -0.384 e. The number of oxime groups is 1. The first-order valence-electron chi connectivity index (χ1n) is 8.52. The molecule has 1 saturated heterocycles. The van der Waals surface area contributed by atoms with Crippen molar-refractivity contribution in [2.24, 2.45) is 10.9 Å². The lowest BCUT2D eigenvalue weighted by Gasteiger charge is -2.27. The zero-order valence-corrected chi connectivity index (χ0v) is 14.6. The van der Waals surface area contributed by atoms with E-state index in [2.05, 4.69) is 25.5 Å². The van der Waals surface area contributed by atoms with Crippen LogP contribution in [-0.4, -0.2) is 41.6 Å². The molecule has 0 spiro atoms. The number of amides is 1. The molecule has 1 aliphatic rings. The first-order chi connectivity index (χ1) is 12.6. The molecule has 3 rings (SSSR count). The van der Waals surface area contributed by atoms with Gasteiger partial charge in [0.2, 0.25) is 0 Å². The van der Waals surface area contributed by atoms with Gasteiger partial charge in [-0.15, -0.1) is 0 Å². The third kappa shape index (κ3) is 4.71. The summed E-state index contributed by atoms with van der Waals surface area (Å²) in [6, 6.07) is 5.37. The van der Waals surface area contributed by atoms with Crippen LogP contribution in [0.5, 0.6) is 0 Å². The van der Waals surface area contributed by atoms with Gasteiger partial charge in [0, 0.05) is 30.9 Å². The maximum absolute atomic E-state index is 11.7. The number of pyridine rings is 1. The molecule has 2 aromatic rings. The molecule has 1 fully saturated rings. The first kappa shape index (κ1) is 17.7. The molecule has 0 atom stereocenters. The molecule has 9 nitrogen and oxygen atoms in total. The summed E-state index contributed by atoms with van der Waals surface area (Å²) in [6.45, 7) is 3.50. The second-order valence-corrected chi connectivity index (χ2v) is 6.07. The number of amidine groups is 1. The van der Waals surface area contributed by atoms with Crippen molar-refractivity contribution in [3.63, 3.8) is 0 Å². The van der Waals surface area contributed by atoms with Crippen LogP contribution in [-0.2, 0) is 9.63 Å². The van der Waals surface area contributed by atoms with E-state index < -0.39 is 5.91 Å². The van der Waals surface area contributed by atoms with E-state index in [0.29, 0.717) is 17.1 Å². The van der Waals surface area contributed by atoms with Crippen molar-refractivity contribution in [2.75, 3.05) is 29.9 Å². The third-order valence-electron chi connectivity index (χ3n) is 3.98. The summed E-state index contributed by atoms with van der Waals surface area (Å²) in [5.41, 5.74) is 6.52. The van der Waals surface area contributed by atoms with E-state index in [9.17, 15) is 4.79 Å². The summed E-state index contributed by atoms with van der Waals surface area (Å²) in [7, 11) is 0. The Bertz CT molecular complexity index is 765. The van der Waals surface area contributed by atoms with Gasteiger partial charge in [-0.2, -0.15) is 0 Å². The maximum atomic E-state index is 11.7.